The van der Waals surface area contributed by atoms with Crippen molar-refractivity contribution in [2.75, 3.05) is 7.11 Å². The molecular weight excluding hydrogens is 316 g/mol. The highest BCUT2D eigenvalue weighted by Crippen LogP contribution is 2.26. The Bertz CT molecular complexity index is 888. The van der Waals surface area contributed by atoms with Crippen LogP contribution in [0, 0.1) is 6.92 Å². The van der Waals surface area contributed by atoms with Crippen molar-refractivity contribution in [1.29, 1.82) is 0 Å². The number of methoxy groups -OCH3 is 1. The van der Waals surface area contributed by atoms with Gasteiger partial charge in [0.1, 0.15) is 11.5 Å². The molecule has 3 rings (SSSR count). The highest BCUT2D eigenvalue weighted by atomic mass is 16.5. The highest BCUT2D eigenvalue weighted by Gasteiger charge is 2.26. The minimum Gasteiger partial charge on any atom is -0.467 e. The van der Waals surface area contributed by atoms with E-state index in [0.717, 1.165) is 23.4 Å². The quantitative estimate of drug-likeness (QED) is 0.670. The molecule has 0 bridgehead atoms. The Balaban J connectivity index is 2.12. The average molecular weight is 336 g/mol. The molecule has 0 saturated heterocycles. The molecule has 1 atom stereocenters. The van der Waals surface area contributed by atoms with Crippen molar-refractivity contribution < 1.29 is 9.53 Å². The lowest BCUT2D eigenvalue weighted by molar-refractivity contribution is -0.143. The Kier molecular flexibility index (Phi) is 4.88. The minimum atomic E-state index is -0.623. The summed E-state index contributed by atoms with van der Waals surface area (Å²) in [4.78, 5) is 25.7. The van der Waals surface area contributed by atoms with Crippen LogP contribution in [0.2, 0.25) is 0 Å². The van der Waals surface area contributed by atoms with Gasteiger partial charge in [0.15, 0.2) is 11.9 Å². The van der Waals surface area contributed by atoms with E-state index in [0.29, 0.717) is 11.5 Å². The number of ether oxygens (including phenoxy) is 1. The zero-order chi connectivity index (χ0) is 17.8. The largest absolute Gasteiger partial charge is 0.467 e. The van der Waals surface area contributed by atoms with Crippen molar-refractivity contribution in [3.05, 3.63) is 65.9 Å². The number of nitrogens with zero attached hydrogens (tertiary/aromatic N) is 4. The van der Waals surface area contributed by atoms with Gasteiger partial charge in [-0.25, -0.2) is 19.7 Å². The molecule has 2 heterocycles. The Morgan fingerprint density at radius 2 is 2.08 bits per heavy atom. The summed E-state index contributed by atoms with van der Waals surface area (Å²) < 4.78 is 6.84. The van der Waals surface area contributed by atoms with Crippen LogP contribution in [-0.4, -0.2) is 32.6 Å². The van der Waals surface area contributed by atoms with Crippen LogP contribution < -0.4 is 0 Å². The summed E-state index contributed by atoms with van der Waals surface area (Å²) >= 11 is 0. The topological polar surface area (TPSA) is 69.9 Å². The number of imidazole rings is 1. The number of carbonyl (C=O) groups is 1. The lowest BCUT2D eigenvalue weighted by atomic mass is 10.0. The van der Waals surface area contributed by atoms with Crippen LogP contribution in [0.4, 0.5) is 0 Å². The second kappa shape index (κ2) is 7.25. The smallest absolute Gasteiger partial charge is 0.333 e. The monoisotopic (exact) mass is 336 g/mol. The predicted octanol–water partition coefficient (Wildman–Crippen LogP) is 2.97. The molecule has 1 unspecified atom stereocenters. The van der Waals surface area contributed by atoms with Gasteiger partial charge in [0, 0.05) is 25.0 Å². The third-order valence-electron chi connectivity index (χ3n) is 3.98. The fraction of sp³-hybridized carbons (Fsp3) is 0.263. The molecule has 6 nitrogen and oxygen atoms in total. The Morgan fingerprint density at radius 1 is 1.24 bits per heavy atom. The minimum absolute atomic E-state index is 0.352. The van der Waals surface area contributed by atoms with Crippen molar-refractivity contribution in [2.24, 2.45) is 0 Å². The van der Waals surface area contributed by atoms with E-state index in [2.05, 4.69) is 15.0 Å². The maximum Gasteiger partial charge on any atom is 0.333 e. The second-order valence-electron chi connectivity index (χ2n) is 5.71. The number of esters is 1. The number of aromatic nitrogens is 4. The molecule has 0 saturated carbocycles. The summed E-state index contributed by atoms with van der Waals surface area (Å²) in [6, 6.07) is 8.98. The summed E-state index contributed by atoms with van der Waals surface area (Å²) in [6.45, 7) is 3.99. The van der Waals surface area contributed by atoms with Gasteiger partial charge >= 0.3 is 5.97 Å². The van der Waals surface area contributed by atoms with E-state index in [1.165, 1.54) is 7.11 Å². The molecule has 0 fully saturated rings. The molecule has 3 aromatic rings. The van der Waals surface area contributed by atoms with Crippen molar-refractivity contribution in [3.8, 4) is 11.5 Å². The van der Waals surface area contributed by atoms with Crippen LogP contribution in [0.3, 0.4) is 0 Å². The Hall–Kier alpha value is -3.02. The van der Waals surface area contributed by atoms with Gasteiger partial charge in [0.05, 0.1) is 7.11 Å². The normalized spacial score (nSPS) is 12.0. The number of rotatable bonds is 5. The van der Waals surface area contributed by atoms with E-state index in [4.69, 9.17) is 4.74 Å². The fourth-order valence-electron chi connectivity index (χ4n) is 2.78. The number of aryl methyl sites for hydroxylation is 2. The molecular formula is C19H20N4O2. The van der Waals surface area contributed by atoms with E-state index in [-0.39, 0.29) is 5.97 Å². The highest BCUT2D eigenvalue weighted by molar-refractivity contribution is 5.79. The van der Waals surface area contributed by atoms with Gasteiger partial charge in [0.25, 0.3) is 0 Å². The first-order chi connectivity index (χ1) is 12.1. The number of carbonyl (C=O) groups excluding carboxylic acids is 1. The molecule has 0 spiro atoms. The summed E-state index contributed by atoms with van der Waals surface area (Å²) in [5.74, 6) is 0.987. The molecule has 0 aliphatic rings. The van der Waals surface area contributed by atoms with Crippen molar-refractivity contribution in [1.82, 2.24) is 19.5 Å². The summed E-state index contributed by atoms with van der Waals surface area (Å²) in [6.07, 6.45) is 5.87. The first-order valence-electron chi connectivity index (χ1n) is 8.13. The molecule has 25 heavy (non-hydrogen) atoms. The zero-order valence-electron chi connectivity index (χ0n) is 14.5. The van der Waals surface area contributed by atoms with E-state index in [1.54, 1.807) is 29.2 Å². The third kappa shape index (κ3) is 3.42. The van der Waals surface area contributed by atoms with E-state index >= 15 is 0 Å². The molecule has 6 heteroatoms. The van der Waals surface area contributed by atoms with Crippen LogP contribution in [0.25, 0.3) is 11.5 Å². The Morgan fingerprint density at radius 3 is 2.80 bits per heavy atom. The molecule has 0 aliphatic carbocycles. The first kappa shape index (κ1) is 16.8. The van der Waals surface area contributed by atoms with E-state index in [1.807, 2.05) is 38.1 Å². The van der Waals surface area contributed by atoms with Crippen molar-refractivity contribution in [2.45, 2.75) is 26.3 Å². The van der Waals surface area contributed by atoms with Gasteiger partial charge in [0.2, 0.25) is 0 Å². The van der Waals surface area contributed by atoms with Crippen LogP contribution in [-0.2, 0) is 16.0 Å². The Labute approximate surface area is 146 Å². The summed E-state index contributed by atoms with van der Waals surface area (Å²) in [7, 11) is 1.39. The molecule has 2 aromatic heterocycles. The summed E-state index contributed by atoms with van der Waals surface area (Å²) in [5, 5.41) is 0. The lowest BCUT2D eigenvalue weighted by Gasteiger charge is -2.19. The number of hydrogen-bond donors (Lipinski definition) is 0. The van der Waals surface area contributed by atoms with Gasteiger partial charge in [-0.2, -0.15) is 0 Å². The SMILES string of the molecule is CCc1nccc(-c2nccn2C(C(=O)OC)c2cccc(C)c2)n1. The van der Waals surface area contributed by atoms with Gasteiger partial charge in [-0.3, -0.25) is 0 Å². The first-order valence-corrected chi connectivity index (χ1v) is 8.13. The van der Waals surface area contributed by atoms with Crippen LogP contribution >= 0.6 is 0 Å². The van der Waals surface area contributed by atoms with Crippen LogP contribution in [0.5, 0.6) is 0 Å². The molecule has 0 aliphatic heterocycles. The average Bonchev–Trinajstić information content (AvgIpc) is 3.11. The third-order valence-corrected chi connectivity index (χ3v) is 3.98. The maximum atomic E-state index is 12.5. The van der Waals surface area contributed by atoms with Crippen molar-refractivity contribution in [3.63, 3.8) is 0 Å². The molecule has 0 N–H and O–H groups in total. The van der Waals surface area contributed by atoms with Crippen LogP contribution in [0.1, 0.15) is 29.9 Å². The van der Waals surface area contributed by atoms with Crippen molar-refractivity contribution >= 4 is 5.97 Å². The predicted molar refractivity (Wildman–Crippen MR) is 94.0 cm³/mol. The van der Waals surface area contributed by atoms with E-state index < -0.39 is 6.04 Å². The van der Waals surface area contributed by atoms with Crippen LogP contribution in [0.15, 0.2) is 48.9 Å². The fourth-order valence-corrected chi connectivity index (χ4v) is 2.78. The molecule has 1 aromatic carbocycles. The maximum absolute atomic E-state index is 12.5. The second-order valence-corrected chi connectivity index (χ2v) is 5.71. The standard InChI is InChI=1S/C19H20N4O2/c1-4-16-20-9-8-15(22-16)18-21-10-11-23(18)17(19(24)25-3)14-7-5-6-13(2)12-14/h5-12,17H,4H2,1-3H3. The number of hydrogen-bond acceptors (Lipinski definition) is 5. The van der Waals surface area contributed by atoms with Gasteiger partial charge in [-0.05, 0) is 18.6 Å². The number of benzene rings is 1. The lowest BCUT2D eigenvalue weighted by Crippen LogP contribution is -2.22. The van der Waals surface area contributed by atoms with Gasteiger partial charge < -0.3 is 9.30 Å². The molecule has 0 radical (unpaired) electrons. The van der Waals surface area contributed by atoms with Gasteiger partial charge in [-0.15, -0.1) is 0 Å². The van der Waals surface area contributed by atoms with Gasteiger partial charge in [-0.1, -0.05) is 36.8 Å². The molecule has 0 amide bonds. The zero-order valence-corrected chi connectivity index (χ0v) is 14.5. The van der Waals surface area contributed by atoms with E-state index in [9.17, 15) is 4.79 Å². The molecule has 128 valence electrons. The summed E-state index contributed by atoms with van der Waals surface area (Å²) in [5.41, 5.74) is 2.60.